The summed E-state index contributed by atoms with van der Waals surface area (Å²) in [7, 11) is 1.64. The van der Waals surface area contributed by atoms with Crippen LogP contribution in [-0.2, 0) is 33.2 Å². The molecule has 3 saturated heterocycles. The molecule has 22 heavy (non-hydrogen) atoms. The van der Waals surface area contributed by atoms with Crippen molar-refractivity contribution in [2.75, 3.05) is 26.9 Å². The van der Waals surface area contributed by atoms with Gasteiger partial charge in [0.15, 0.2) is 17.9 Å². The number of rotatable bonds is 5. The van der Waals surface area contributed by atoms with Crippen molar-refractivity contribution in [3.63, 3.8) is 0 Å². The van der Waals surface area contributed by atoms with Gasteiger partial charge < -0.3 is 33.2 Å². The second kappa shape index (κ2) is 5.98. The van der Waals surface area contributed by atoms with Crippen LogP contribution in [0.5, 0.6) is 0 Å². The van der Waals surface area contributed by atoms with E-state index in [1.807, 2.05) is 27.7 Å². The van der Waals surface area contributed by atoms with Crippen molar-refractivity contribution in [3.05, 3.63) is 0 Å². The highest BCUT2D eigenvalue weighted by atomic mass is 16.8. The summed E-state index contributed by atoms with van der Waals surface area (Å²) in [5.74, 6) is -1.28. The Hall–Kier alpha value is -0.280. The largest absolute Gasteiger partial charge is 0.382 e. The number of methoxy groups -OCH3 is 1. The summed E-state index contributed by atoms with van der Waals surface area (Å²) in [6.45, 7) is 8.95. The molecular formula is C15H26O7. The van der Waals surface area contributed by atoms with Gasteiger partial charge in [-0.1, -0.05) is 0 Å². The summed E-state index contributed by atoms with van der Waals surface area (Å²) >= 11 is 0. The summed E-state index contributed by atoms with van der Waals surface area (Å²) in [6, 6.07) is 0. The van der Waals surface area contributed by atoms with Crippen LogP contribution in [0.3, 0.4) is 0 Å². The van der Waals surface area contributed by atoms with E-state index in [1.165, 1.54) is 0 Å². The van der Waals surface area contributed by atoms with E-state index in [9.17, 15) is 0 Å². The van der Waals surface area contributed by atoms with Crippen molar-refractivity contribution in [1.82, 2.24) is 0 Å². The lowest BCUT2D eigenvalue weighted by Crippen LogP contribution is -2.44. The Bertz CT molecular complexity index is 397. The van der Waals surface area contributed by atoms with Gasteiger partial charge in [0, 0.05) is 7.11 Å². The number of ether oxygens (including phenoxy) is 7. The molecule has 0 spiro atoms. The van der Waals surface area contributed by atoms with Crippen LogP contribution in [0.4, 0.5) is 0 Å². The van der Waals surface area contributed by atoms with Crippen molar-refractivity contribution in [3.8, 4) is 0 Å². The van der Waals surface area contributed by atoms with Crippen molar-refractivity contribution in [1.29, 1.82) is 0 Å². The van der Waals surface area contributed by atoms with E-state index in [1.54, 1.807) is 7.11 Å². The third-order valence-corrected chi connectivity index (χ3v) is 4.02. The Morgan fingerprint density at radius 3 is 2.36 bits per heavy atom. The zero-order chi connectivity index (χ0) is 16.0. The fraction of sp³-hybridized carbons (Fsp3) is 1.00. The highest BCUT2D eigenvalue weighted by molar-refractivity contribution is 4.98. The van der Waals surface area contributed by atoms with Crippen LogP contribution in [-0.4, -0.2) is 69.2 Å². The number of hydrogen-bond acceptors (Lipinski definition) is 7. The lowest BCUT2D eigenvalue weighted by atomic mass is 10.1. The van der Waals surface area contributed by atoms with Crippen molar-refractivity contribution < 1.29 is 33.2 Å². The summed E-state index contributed by atoms with van der Waals surface area (Å²) in [6.07, 6.45) is -1.48. The first kappa shape index (κ1) is 16.6. The molecule has 0 saturated carbocycles. The Labute approximate surface area is 131 Å². The van der Waals surface area contributed by atoms with Crippen LogP contribution in [0.15, 0.2) is 0 Å². The molecule has 128 valence electrons. The quantitative estimate of drug-likeness (QED) is 0.702. The maximum atomic E-state index is 6.02. The van der Waals surface area contributed by atoms with E-state index in [0.717, 1.165) is 0 Å². The van der Waals surface area contributed by atoms with Gasteiger partial charge in [-0.25, -0.2) is 0 Å². The van der Waals surface area contributed by atoms with E-state index < -0.39 is 17.9 Å². The van der Waals surface area contributed by atoms with Gasteiger partial charge in [0.25, 0.3) is 0 Å². The van der Waals surface area contributed by atoms with Gasteiger partial charge in [-0.3, -0.25) is 0 Å². The highest BCUT2D eigenvalue weighted by Gasteiger charge is 2.58. The smallest absolute Gasteiger partial charge is 0.190 e. The van der Waals surface area contributed by atoms with Gasteiger partial charge in [-0.05, 0) is 27.7 Å². The molecule has 2 unspecified atom stereocenters. The zero-order valence-corrected chi connectivity index (χ0v) is 13.9. The van der Waals surface area contributed by atoms with Crippen molar-refractivity contribution >= 4 is 0 Å². The summed E-state index contributed by atoms with van der Waals surface area (Å²) in [4.78, 5) is 0. The molecule has 0 amide bonds. The van der Waals surface area contributed by atoms with Crippen LogP contribution in [0.1, 0.15) is 27.7 Å². The minimum atomic E-state index is -0.671. The molecule has 0 bridgehead atoms. The third kappa shape index (κ3) is 3.31. The molecule has 3 heterocycles. The average molecular weight is 318 g/mol. The average Bonchev–Trinajstić information content (AvgIpc) is 3.01. The maximum Gasteiger partial charge on any atom is 0.190 e. The van der Waals surface area contributed by atoms with Gasteiger partial charge in [0.1, 0.15) is 24.4 Å². The van der Waals surface area contributed by atoms with Crippen LogP contribution in [0.2, 0.25) is 0 Å². The van der Waals surface area contributed by atoms with E-state index >= 15 is 0 Å². The van der Waals surface area contributed by atoms with Gasteiger partial charge in [-0.2, -0.15) is 0 Å². The molecule has 0 N–H and O–H groups in total. The van der Waals surface area contributed by atoms with Gasteiger partial charge in [0.2, 0.25) is 0 Å². The zero-order valence-electron chi connectivity index (χ0n) is 13.9. The fourth-order valence-electron chi connectivity index (χ4n) is 3.14. The van der Waals surface area contributed by atoms with Gasteiger partial charge in [-0.15, -0.1) is 0 Å². The fourth-order valence-corrected chi connectivity index (χ4v) is 3.14. The molecule has 7 heteroatoms. The van der Waals surface area contributed by atoms with E-state index in [4.69, 9.17) is 33.2 Å². The number of fused-ring (bicyclic) bond motifs is 1. The van der Waals surface area contributed by atoms with E-state index in [0.29, 0.717) is 19.8 Å². The second-order valence-electron chi connectivity index (χ2n) is 6.76. The molecule has 3 aliphatic heterocycles. The minimum Gasteiger partial charge on any atom is -0.382 e. The molecule has 0 radical (unpaired) electrons. The Balaban J connectivity index is 1.69. The molecule has 5 atom stereocenters. The third-order valence-electron chi connectivity index (χ3n) is 4.02. The normalized spacial score (nSPS) is 42.7. The highest BCUT2D eigenvalue weighted by Crippen LogP contribution is 2.41. The van der Waals surface area contributed by atoms with Crippen LogP contribution >= 0.6 is 0 Å². The monoisotopic (exact) mass is 318 g/mol. The Morgan fingerprint density at radius 1 is 0.955 bits per heavy atom. The minimum absolute atomic E-state index is 0.205. The summed E-state index contributed by atoms with van der Waals surface area (Å²) < 4.78 is 40.3. The Kier molecular flexibility index (Phi) is 4.50. The topological polar surface area (TPSA) is 64.6 Å². The van der Waals surface area contributed by atoms with E-state index in [2.05, 4.69) is 0 Å². The molecule has 3 aliphatic rings. The van der Waals surface area contributed by atoms with Crippen molar-refractivity contribution in [2.45, 2.75) is 70.0 Å². The van der Waals surface area contributed by atoms with E-state index in [-0.39, 0.29) is 24.4 Å². The lowest BCUT2D eigenvalue weighted by Gasteiger charge is -2.29. The van der Waals surface area contributed by atoms with Crippen molar-refractivity contribution in [2.24, 2.45) is 0 Å². The first-order chi connectivity index (χ1) is 10.3. The standard InChI is InChI=1S/C15H26O7/c1-14(2)18-8-9(20-14)10-11(17-7-6-16-5)12-13(19-10)22-15(3,4)21-12/h9-13H,6-8H2,1-5H3/t9?,10?,11-,12-,13-/m1/s1. The SMILES string of the molecule is COCCO[C@@H]1C(C2COC(C)(C)O2)O[C@@H]2OC(C)(C)O[C@@H]21. The predicted molar refractivity (Wildman–Crippen MR) is 75.2 cm³/mol. The van der Waals surface area contributed by atoms with Gasteiger partial charge in [0.05, 0.1) is 19.8 Å². The lowest BCUT2D eigenvalue weighted by molar-refractivity contribution is -0.236. The van der Waals surface area contributed by atoms with Gasteiger partial charge >= 0.3 is 0 Å². The second-order valence-corrected chi connectivity index (χ2v) is 6.76. The first-order valence-corrected chi connectivity index (χ1v) is 7.75. The summed E-state index contributed by atoms with van der Waals surface area (Å²) in [5, 5.41) is 0. The predicted octanol–water partition coefficient (Wildman–Crippen LogP) is 1.05. The van der Waals surface area contributed by atoms with Crippen LogP contribution < -0.4 is 0 Å². The molecule has 3 fully saturated rings. The summed E-state index contributed by atoms with van der Waals surface area (Å²) in [5.41, 5.74) is 0. The molecule has 7 nitrogen and oxygen atoms in total. The van der Waals surface area contributed by atoms with Crippen LogP contribution in [0, 0.1) is 0 Å². The molecule has 3 rings (SSSR count). The molecule has 0 aliphatic carbocycles. The molecule has 0 aromatic rings. The molecule has 0 aromatic heterocycles. The van der Waals surface area contributed by atoms with Crippen LogP contribution in [0.25, 0.3) is 0 Å². The number of hydrogen-bond donors (Lipinski definition) is 0. The molecular weight excluding hydrogens is 292 g/mol. The Morgan fingerprint density at radius 2 is 1.73 bits per heavy atom. The maximum absolute atomic E-state index is 6.02. The first-order valence-electron chi connectivity index (χ1n) is 7.75. The molecule has 0 aromatic carbocycles.